The smallest absolute Gasteiger partial charge is 0.141 e. The van der Waals surface area contributed by atoms with Gasteiger partial charge in [-0.05, 0) is 36.2 Å². The van der Waals surface area contributed by atoms with E-state index in [2.05, 4.69) is 41.0 Å². The molecule has 1 aliphatic carbocycles. The van der Waals surface area contributed by atoms with Crippen LogP contribution in [0.3, 0.4) is 0 Å². The van der Waals surface area contributed by atoms with Crippen molar-refractivity contribution in [2.45, 2.75) is 40.0 Å². The number of hydrogen-bond acceptors (Lipinski definition) is 4. The molecule has 2 N–H and O–H groups in total. The van der Waals surface area contributed by atoms with Gasteiger partial charge in [0.25, 0.3) is 0 Å². The molecule has 2 aliphatic rings. The van der Waals surface area contributed by atoms with Crippen molar-refractivity contribution in [2.24, 2.45) is 11.3 Å². The Bertz CT molecular complexity index is 710. The lowest BCUT2D eigenvalue weighted by Crippen LogP contribution is -2.89. The molecular weight excluding hydrogens is 304 g/mol. The first-order chi connectivity index (χ1) is 11.0. The lowest BCUT2D eigenvalue weighted by Gasteiger charge is -2.34. The van der Waals surface area contributed by atoms with E-state index in [1.165, 1.54) is 48.4 Å². The van der Waals surface area contributed by atoms with Gasteiger partial charge < -0.3 is 10.2 Å². The summed E-state index contributed by atoms with van der Waals surface area (Å²) in [6.07, 6.45) is 5.47. The number of rotatable bonds is 1. The number of thiophene rings is 1. The minimum absolute atomic E-state index is 0.394. The Morgan fingerprint density at radius 3 is 2.74 bits per heavy atom. The van der Waals surface area contributed by atoms with Crippen LogP contribution in [0.2, 0.25) is 0 Å². The van der Waals surface area contributed by atoms with Crippen LogP contribution in [0.4, 0.5) is 5.82 Å². The maximum atomic E-state index is 4.69. The molecule has 1 aliphatic heterocycles. The Balaban J connectivity index is 1.76. The number of piperazine rings is 1. The largest absolute Gasteiger partial charge is 0.345 e. The van der Waals surface area contributed by atoms with Crippen molar-refractivity contribution in [1.82, 2.24) is 9.97 Å². The Kier molecular flexibility index (Phi) is 3.81. The molecule has 0 radical (unpaired) electrons. The minimum atomic E-state index is 0.394. The zero-order chi connectivity index (χ0) is 16.0. The van der Waals surface area contributed by atoms with Crippen molar-refractivity contribution in [3.8, 4) is 0 Å². The van der Waals surface area contributed by atoms with E-state index in [0.717, 1.165) is 19.0 Å². The maximum Gasteiger partial charge on any atom is 0.141 e. The summed E-state index contributed by atoms with van der Waals surface area (Å²) in [6.45, 7) is 11.7. The van der Waals surface area contributed by atoms with E-state index in [9.17, 15) is 0 Å². The van der Waals surface area contributed by atoms with E-state index in [-0.39, 0.29) is 0 Å². The van der Waals surface area contributed by atoms with Gasteiger partial charge in [-0.25, -0.2) is 9.97 Å². The number of nitrogens with zero attached hydrogens (tertiary/aromatic N) is 3. The normalized spacial score (nSPS) is 22.4. The molecule has 5 heteroatoms. The summed E-state index contributed by atoms with van der Waals surface area (Å²) >= 11 is 1.91. The summed E-state index contributed by atoms with van der Waals surface area (Å²) in [6, 6.07) is 0. The van der Waals surface area contributed by atoms with E-state index in [1.54, 1.807) is 16.8 Å². The van der Waals surface area contributed by atoms with Crippen LogP contribution < -0.4 is 10.2 Å². The van der Waals surface area contributed by atoms with Crippen LogP contribution in [0, 0.1) is 11.3 Å². The second kappa shape index (κ2) is 5.71. The van der Waals surface area contributed by atoms with Crippen LogP contribution >= 0.6 is 11.3 Å². The summed E-state index contributed by atoms with van der Waals surface area (Å²) < 4.78 is 0. The number of quaternary nitrogens is 1. The molecule has 1 saturated heterocycles. The summed E-state index contributed by atoms with van der Waals surface area (Å²) in [5.41, 5.74) is 1.95. The van der Waals surface area contributed by atoms with Gasteiger partial charge in [-0.3, -0.25) is 0 Å². The van der Waals surface area contributed by atoms with Crippen LogP contribution in [0.15, 0.2) is 6.33 Å². The van der Waals surface area contributed by atoms with Gasteiger partial charge in [0.2, 0.25) is 0 Å². The molecule has 2 aromatic heterocycles. The molecule has 3 heterocycles. The molecule has 124 valence electrons. The molecular formula is C18H27N4S+. The highest BCUT2D eigenvalue weighted by Crippen LogP contribution is 2.44. The third-order valence-corrected chi connectivity index (χ3v) is 6.72. The molecule has 0 aromatic carbocycles. The lowest BCUT2D eigenvalue weighted by molar-refractivity contribution is -0.655. The van der Waals surface area contributed by atoms with Gasteiger partial charge in [0, 0.05) is 4.88 Å². The summed E-state index contributed by atoms with van der Waals surface area (Å²) in [5.74, 6) is 1.97. The van der Waals surface area contributed by atoms with Crippen LogP contribution in [0.25, 0.3) is 10.2 Å². The molecule has 4 nitrogen and oxygen atoms in total. The van der Waals surface area contributed by atoms with Crippen molar-refractivity contribution in [1.29, 1.82) is 0 Å². The van der Waals surface area contributed by atoms with Crippen LogP contribution in [0.5, 0.6) is 0 Å². The molecule has 4 rings (SSSR count). The Labute approximate surface area is 142 Å². The predicted octanol–water partition coefficient (Wildman–Crippen LogP) is 2.23. The zero-order valence-electron chi connectivity index (χ0n) is 14.4. The quantitative estimate of drug-likeness (QED) is 0.871. The zero-order valence-corrected chi connectivity index (χ0v) is 15.2. The van der Waals surface area contributed by atoms with Gasteiger partial charge in [-0.1, -0.05) is 20.8 Å². The van der Waals surface area contributed by atoms with Crippen molar-refractivity contribution in [2.75, 3.05) is 31.1 Å². The number of anilines is 1. The minimum Gasteiger partial charge on any atom is -0.345 e. The molecule has 0 saturated carbocycles. The average Bonchev–Trinajstić information content (AvgIpc) is 2.92. The number of aryl methyl sites for hydroxylation is 1. The second-order valence-electron chi connectivity index (χ2n) is 8.04. The number of aromatic nitrogens is 2. The van der Waals surface area contributed by atoms with Crippen molar-refractivity contribution < 1.29 is 5.32 Å². The lowest BCUT2D eigenvalue weighted by atomic mass is 9.72. The Morgan fingerprint density at radius 1 is 1.22 bits per heavy atom. The highest BCUT2D eigenvalue weighted by Gasteiger charge is 2.32. The molecule has 1 atom stereocenters. The van der Waals surface area contributed by atoms with Crippen LogP contribution in [-0.4, -0.2) is 36.1 Å². The summed E-state index contributed by atoms with van der Waals surface area (Å²) in [7, 11) is 0. The second-order valence-corrected chi connectivity index (χ2v) is 9.12. The van der Waals surface area contributed by atoms with E-state index >= 15 is 0 Å². The van der Waals surface area contributed by atoms with Crippen LogP contribution in [-0.2, 0) is 12.8 Å². The van der Waals surface area contributed by atoms with Gasteiger partial charge in [0.05, 0.1) is 31.6 Å². The van der Waals surface area contributed by atoms with E-state index in [4.69, 9.17) is 0 Å². The van der Waals surface area contributed by atoms with Gasteiger partial charge in [-0.2, -0.15) is 0 Å². The molecule has 0 unspecified atom stereocenters. The first kappa shape index (κ1) is 15.3. The molecule has 1 fully saturated rings. The number of nitrogens with two attached hydrogens (primary N) is 1. The standard InChI is InChI=1S/C18H26N4S/c1-18(2,3)12-4-5-13-14(10-12)23-17-15(13)16(20-11-21-17)22-8-6-19-7-9-22/h11-12,19H,4-10H2,1-3H3/p+1/t12-/m1/s1. The van der Waals surface area contributed by atoms with E-state index in [0.29, 0.717) is 5.41 Å². The molecule has 0 spiro atoms. The van der Waals surface area contributed by atoms with Crippen molar-refractivity contribution in [3.63, 3.8) is 0 Å². The summed E-state index contributed by atoms with van der Waals surface area (Å²) in [4.78, 5) is 14.5. The molecule has 0 bridgehead atoms. The number of fused-ring (bicyclic) bond motifs is 3. The fourth-order valence-corrected chi connectivity index (χ4v) is 5.30. The topological polar surface area (TPSA) is 45.6 Å². The SMILES string of the molecule is CC(C)(C)[C@@H]1CCc2c(sc3ncnc(N4CC[NH2+]CC4)c23)C1. The fourth-order valence-electron chi connectivity index (χ4n) is 4.03. The van der Waals surface area contributed by atoms with Gasteiger partial charge in [0.15, 0.2) is 0 Å². The predicted molar refractivity (Wildman–Crippen MR) is 96.3 cm³/mol. The fraction of sp³-hybridized carbons (Fsp3) is 0.667. The van der Waals surface area contributed by atoms with E-state index < -0.39 is 0 Å². The summed E-state index contributed by atoms with van der Waals surface area (Å²) in [5, 5.41) is 3.76. The van der Waals surface area contributed by atoms with Crippen molar-refractivity contribution in [3.05, 3.63) is 16.8 Å². The molecule has 0 amide bonds. The Hall–Kier alpha value is -1.20. The average molecular weight is 332 g/mol. The van der Waals surface area contributed by atoms with Crippen LogP contribution in [0.1, 0.15) is 37.6 Å². The number of hydrogen-bond donors (Lipinski definition) is 1. The van der Waals surface area contributed by atoms with Gasteiger partial charge in [-0.15, -0.1) is 11.3 Å². The third-order valence-electron chi connectivity index (χ3n) is 5.56. The van der Waals surface area contributed by atoms with Gasteiger partial charge in [0.1, 0.15) is 17.0 Å². The van der Waals surface area contributed by atoms with E-state index in [1.807, 2.05) is 11.3 Å². The highest BCUT2D eigenvalue weighted by molar-refractivity contribution is 7.19. The maximum absolute atomic E-state index is 4.69. The highest BCUT2D eigenvalue weighted by atomic mass is 32.1. The molecule has 23 heavy (non-hydrogen) atoms. The third kappa shape index (κ3) is 2.74. The Morgan fingerprint density at radius 2 is 2.00 bits per heavy atom. The van der Waals surface area contributed by atoms with Crippen molar-refractivity contribution >= 4 is 27.4 Å². The first-order valence-corrected chi connectivity index (χ1v) is 9.67. The monoisotopic (exact) mass is 331 g/mol. The first-order valence-electron chi connectivity index (χ1n) is 8.86. The molecule has 2 aromatic rings. The van der Waals surface area contributed by atoms with Gasteiger partial charge >= 0.3 is 0 Å².